The van der Waals surface area contributed by atoms with Crippen LogP contribution < -0.4 is 4.72 Å². The Balaban J connectivity index is 2.60. The zero-order valence-electron chi connectivity index (χ0n) is 6.39. The molecule has 0 aliphatic carbocycles. The fraction of sp³-hybridized carbons (Fsp3) is 0.800. The number of hydrogen-bond acceptors (Lipinski definition) is 4. The number of morpholine rings is 1. The maximum Gasteiger partial charge on any atom is 0.303 e. The number of carbonyl (C=O) groups excluding carboxylic acids is 1. The molecule has 0 saturated carbocycles. The standard InChI is InChI=1S/C5H10N2O4S/c8-5-6-12(9,10)7-1-3-11-4-2-7/h5H,1-4H2,(H,6,8). The maximum atomic E-state index is 11.1. The van der Waals surface area contributed by atoms with E-state index < -0.39 is 10.2 Å². The molecular formula is C5H10N2O4S. The predicted molar refractivity (Wildman–Crippen MR) is 40.5 cm³/mol. The molecule has 1 N–H and O–H groups in total. The van der Waals surface area contributed by atoms with Gasteiger partial charge in [-0.3, -0.25) is 4.79 Å². The van der Waals surface area contributed by atoms with Crippen LogP contribution in [-0.4, -0.2) is 45.4 Å². The molecular weight excluding hydrogens is 184 g/mol. The summed E-state index contributed by atoms with van der Waals surface area (Å²) in [7, 11) is -3.60. The fourth-order valence-corrected chi connectivity index (χ4v) is 1.82. The number of amides is 1. The molecule has 0 aromatic heterocycles. The van der Waals surface area contributed by atoms with E-state index in [2.05, 4.69) is 0 Å². The molecule has 1 fully saturated rings. The molecule has 0 unspecified atom stereocenters. The van der Waals surface area contributed by atoms with Crippen molar-refractivity contribution in [3.05, 3.63) is 0 Å². The van der Waals surface area contributed by atoms with Crippen LogP contribution in [0.4, 0.5) is 0 Å². The van der Waals surface area contributed by atoms with E-state index in [1.165, 1.54) is 4.31 Å². The van der Waals surface area contributed by atoms with Gasteiger partial charge in [-0.15, -0.1) is 0 Å². The van der Waals surface area contributed by atoms with Crippen molar-refractivity contribution in [1.82, 2.24) is 9.03 Å². The highest BCUT2D eigenvalue weighted by Crippen LogP contribution is 2.01. The minimum absolute atomic E-state index is 0.158. The largest absolute Gasteiger partial charge is 0.379 e. The Morgan fingerprint density at radius 2 is 1.92 bits per heavy atom. The molecule has 0 aromatic carbocycles. The lowest BCUT2D eigenvalue weighted by Crippen LogP contribution is -2.46. The van der Waals surface area contributed by atoms with Crippen molar-refractivity contribution in [3.8, 4) is 0 Å². The number of rotatable bonds is 3. The molecule has 1 aliphatic rings. The van der Waals surface area contributed by atoms with E-state index in [0.717, 1.165) is 0 Å². The molecule has 1 rings (SSSR count). The maximum absolute atomic E-state index is 11.1. The minimum Gasteiger partial charge on any atom is -0.379 e. The quantitative estimate of drug-likeness (QED) is 0.544. The molecule has 1 saturated heterocycles. The van der Waals surface area contributed by atoms with Crippen molar-refractivity contribution >= 4 is 16.6 Å². The first kappa shape index (κ1) is 9.43. The summed E-state index contributed by atoms with van der Waals surface area (Å²) in [6, 6.07) is 0. The number of carbonyl (C=O) groups is 1. The monoisotopic (exact) mass is 194 g/mol. The molecule has 12 heavy (non-hydrogen) atoms. The summed E-state index contributed by atoms with van der Waals surface area (Å²) in [5, 5.41) is 0. The van der Waals surface area contributed by atoms with Gasteiger partial charge in [0, 0.05) is 13.1 Å². The van der Waals surface area contributed by atoms with E-state index in [0.29, 0.717) is 26.3 Å². The molecule has 1 heterocycles. The minimum atomic E-state index is -3.60. The molecule has 0 radical (unpaired) electrons. The van der Waals surface area contributed by atoms with Crippen LogP contribution in [0.2, 0.25) is 0 Å². The van der Waals surface area contributed by atoms with Crippen LogP contribution in [0.5, 0.6) is 0 Å². The van der Waals surface area contributed by atoms with Gasteiger partial charge < -0.3 is 4.74 Å². The Labute approximate surface area is 70.7 Å². The van der Waals surface area contributed by atoms with E-state index in [-0.39, 0.29) is 6.41 Å². The van der Waals surface area contributed by atoms with E-state index in [9.17, 15) is 13.2 Å². The van der Waals surface area contributed by atoms with Gasteiger partial charge in [0.25, 0.3) is 0 Å². The van der Waals surface area contributed by atoms with Crippen LogP contribution in [0.15, 0.2) is 0 Å². The Bertz CT molecular complexity index is 244. The van der Waals surface area contributed by atoms with Gasteiger partial charge in [0.15, 0.2) is 0 Å². The average molecular weight is 194 g/mol. The van der Waals surface area contributed by atoms with Crippen LogP contribution >= 0.6 is 0 Å². The van der Waals surface area contributed by atoms with Gasteiger partial charge in [0.1, 0.15) is 0 Å². The Morgan fingerprint density at radius 3 is 2.42 bits per heavy atom. The number of hydrogen-bond donors (Lipinski definition) is 1. The van der Waals surface area contributed by atoms with E-state index in [1.807, 2.05) is 0 Å². The van der Waals surface area contributed by atoms with Crippen LogP contribution in [-0.2, 0) is 19.7 Å². The second kappa shape index (κ2) is 3.83. The summed E-state index contributed by atoms with van der Waals surface area (Å²) < 4.78 is 30.1. The highest BCUT2D eigenvalue weighted by atomic mass is 32.2. The molecule has 0 aromatic rings. The molecule has 0 atom stereocenters. The normalized spacial score (nSPS) is 20.3. The number of nitrogens with one attached hydrogen (secondary N) is 1. The highest BCUT2D eigenvalue weighted by molar-refractivity contribution is 7.87. The van der Waals surface area contributed by atoms with Gasteiger partial charge in [0.05, 0.1) is 13.2 Å². The van der Waals surface area contributed by atoms with Crippen molar-refractivity contribution in [2.24, 2.45) is 0 Å². The summed E-state index contributed by atoms with van der Waals surface area (Å²) in [4.78, 5) is 9.91. The Morgan fingerprint density at radius 1 is 1.33 bits per heavy atom. The summed E-state index contributed by atoms with van der Waals surface area (Å²) >= 11 is 0. The predicted octanol–water partition coefficient (Wildman–Crippen LogP) is -1.69. The fourth-order valence-electron chi connectivity index (χ4n) is 0.922. The molecule has 1 aliphatic heterocycles. The lowest BCUT2D eigenvalue weighted by Gasteiger charge is -2.24. The van der Waals surface area contributed by atoms with E-state index in [1.54, 1.807) is 4.72 Å². The molecule has 70 valence electrons. The van der Waals surface area contributed by atoms with Crippen molar-refractivity contribution in [2.45, 2.75) is 0 Å². The van der Waals surface area contributed by atoms with Crippen LogP contribution in [0.1, 0.15) is 0 Å². The van der Waals surface area contributed by atoms with Crippen LogP contribution in [0.3, 0.4) is 0 Å². The van der Waals surface area contributed by atoms with Crippen molar-refractivity contribution in [1.29, 1.82) is 0 Å². The first-order valence-corrected chi connectivity index (χ1v) is 4.89. The van der Waals surface area contributed by atoms with Gasteiger partial charge in [0.2, 0.25) is 6.41 Å². The number of nitrogens with zero attached hydrogens (tertiary/aromatic N) is 1. The SMILES string of the molecule is O=CNS(=O)(=O)N1CCOCC1. The first-order chi connectivity index (χ1) is 5.67. The van der Waals surface area contributed by atoms with Crippen molar-refractivity contribution in [2.75, 3.05) is 26.3 Å². The second-order valence-electron chi connectivity index (χ2n) is 2.25. The smallest absolute Gasteiger partial charge is 0.303 e. The zero-order valence-corrected chi connectivity index (χ0v) is 7.21. The lowest BCUT2D eigenvalue weighted by atomic mass is 10.5. The van der Waals surface area contributed by atoms with Gasteiger partial charge in [-0.25, -0.2) is 4.72 Å². The third-order valence-corrected chi connectivity index (χ3v) is 2.95. The van der Waals surface area contributed by atoms with Crippen molar-refractivity contribution < 1.29 is 17.9 Å². The zero-order chi connectivity index (χ0) is 9.03. The van der Waals surface area contributed by atoms with Gasteiger partial charge in [-0.1, -0.05) is 0 Å². The van der Waals surface area contributed by atoms with Crippen LogP contribution in [0, 0.1) is 0 Å². The molecule has 1 amide bonds. The second-order valence-corrected chi connectivity index (χ2v) is 3.95. The highest BCUT2D eigenvalue weighted by Gasteiger charge is 2.22. The number of ether oxygens (including phenoxy) is 1. The molecule has 0 bridgehead atoms. The van der Waals surface area contributed by atoms with Gasteiger partial charge in [-0.2, -0.15) is 12.7 Å². The Kier molecular flexibility index (Phi) is 3.01. The van der Waals surface area contributed by atoms with Gasteiger partial charge in [-0.05, 0) is 0 Å². The summed E-state index contributed by atoms with van der Waals surface area (Å²) in [5.41, 5.74) is 0. The third kappa shape index (κ3) is 2.16. The third-order valence-electron chi connectivity index (χ3n) is 1.51. The molecule has 0 spiro atoms. The van der Waals surface area contributed by atoms with E-state index in [4.69, 9.17) is 4.74 Å². The lowest BCUT2D eigenvalue weighted by molar-refractivity contribution is -0.108. The first-order valence-electron chi connectivity index (χ1n) is 3.45. The Hall–Kier alpha value is -0.660. The topological polar surface area (TPSA) is 75.7 Å². The van der Waals surface area contributed by atoms with Crippen molar-refractivity contribution in [3.63, 3.8) is 0 Å². The summed E-state index contributed by atoms with van der Waals surface area (Å²) in [6.45, 7) is 1.34. The average Bonchev–Trinajstić information content (AvgIpc) is 2.06. The molecule has 6 nitrogen and oxygen atoms in total. The van der Waals surface area contributed by atoms with E-state index >= 15 is 0 Å². The summed E-state index contributed by atoms with van der Waals surface area (Å²) in [5.74, 6) is 0. The molecule has 7 heteroatoms. The van der Waals surface area contributed by atoms with Gasteiger partial charge >= 0.3 is 10.2 Å². The van der Waals surface area contributed by atoms with Crippen LogP contribution in [0.25, 0.3) is 0 Å². The summed E-state index contributed by atoms with van der Waals surface area (Å²) in [6.07, 6.45) is 0.158.